The minimum Gasteiger partial charge on any atom is -0.494 e. The topological polar surface area (TPSA) is 124 Å². The van der Waals surface area contributed by atoms with E-state index in [0.717, 1.165) is 150 Å². The highest BCUT2D eigenvalue weighted by Gasteiger charge is 2.22. The standard InChI is InChI=1S/C75H96O10/c1-5-9-11-13-22-26-56-80-66-44-32-58(33-45-66)60-36-48-68(49-37-60)84-74(78)64-40-52-70(53-41-64)82-72(76)62(28-7-3)30-24-20-18-16-15-17-19-21-25-31-63(29-8-4)73(77)83-71-54-42-65(43-55-71)75(79)85-69-50-38-61(39-51-69)59-34-46-67(47-35-59)81-57-27-23-14-12-10-6-2/h32-55,62-63H,5-31,56-57H2,1-4H3/t62-,63-/m1/s1. The molecule has 456 valence electrons. The van der Waals surface area contributed by atoms with E-state index in [1.165, 1.54) is 70.6 Å². The molecule has 6 aromatic carbocycles. The van der Waals surface area contributed by atoms with Crippen molar-refractivity contribution in [3.8, 4) is 56.8 Å². The number of carbonyl (C=O) groups is 4. The third-order valence-corrected chi connectivity index (χ3v) is 15.7. The van der Waals surface area contributed by atoms with Gasteiger partial charge in [-0.3, -0.25) is 9.59 Å². The lowest BCUT2D eigenvalue weighted by Gasteiger charge is -2.15. The summed E-state index contributed by atoms with van der Waals surface area (Å²) in [5, 5.41) is 0. The van der Waals surface area contributed by atoms with E-state index in [0.29, 0.717) is 34.1 Å². The van der Waals surface area contributed by atoms with Crippen LogP contribution in [-0.4, -0.2) is 37.1 Å². The second kappa shape index (κ2) is 39.4. The molecular formula is C75H96O10. The van der Waals surface area contributed by atoms with Gasteiger partial charge >= 0.3 is 23.9 Å². The van der Waals surface area contributed by atoms with E-state index in [1.54, 1.807) is 72.8 Å². The third kappa shape index (κ3) is 25.1. The van der Waals surface area contributed by atoms with Gasteiger partial charge in [0.15, 0.2) is 0 Å². The molecule has 0 aliphatic heterocycles. The van der Waals surface area contributed by atoms with Crippen molar-refractivity contribution in [1.82, 2.24) is 0 Å². The molecule has 6 rings (SSSR count). The number of esters is 4. The van der Waals surface area contributed by atoms with Gasteiger partial charge in [-0.1, -0.05) is 211 Å². The molecule has 10 nitrogen and oxygen atoms in total. The molecule has 6 aromatic rings. The number of hydrogen-bond acceptors (Lipinski definition) is 10. The Morgan fingerprint density at radius 3 is 0.835 bits per heavy atom. The first-order valence-corrected chi connectivity index (χ1v) is 32.4. The van der Waals surface area contributed by atoms with Crippen LogP contribution in [0.15, 0.2) is 146 Å². The molecule has 85 heavy (non-hydrogen) atoms. The fraction of sp³-hybridized carbons (Fsp3) is 0.467. The number of unbranched alkanes of at least 4 members (excludes halogenated alkanes) is 18. The van der Waals surface area contributed by atoms with E-state index in [9.17, 15) is 19.2 Å². The van der Waals surface area contributed by atoms with Crippen LogP contribution < -0.4 is 28.4 Å². The molecule has 0 bridgehead atoms. The Morgan fingerprint density at radius 2 is 0.529 bits per heavy atom. The van der Waals surface area contributed by atoms with Gasteiger partial charge in [-0.25, -0.2) is 9.59 Å². The summed E-state index contributed by atoms with van der Waals surface area (Å²) in [5.41, 5.74) is 4.86. The summed E-state index contributed by atoms with van der Waals surface area (Å²) >= 11 is 0. The Morgan fingerprint density at radius 1 is 0.271 bits per heavy atom. The highest BCUT2D eigenvalue weighted by atomic mass is 16.5. The smallest absolute Gasteiger partial charge is 0.343 e. The van der Waals surface area contributed by atoms with Crippen molar-refractivity contribution < 1.29 is 47.6 Å². The quantitative estimate of drug-likeness (QED) is 0.0208. The minimum atomic E-state index is -0.484. The number of benzene rings is 6. The number of ether oxygens (including phenoxy) is 6. The molecule has 0 N–H and O–H groups in total. The minimum absolute atomic E-state index is 0.171. The molecule has 0 aliphatic rings. The van der Waals surface area contributed by atoms with Crippen LogP contribution in [0.2, 0.25) is 0 Å². The number of hydrogen-bond donors (Lipinski definition) is 0. The van der Waals surface area contributed by atoms with Crippen molar-refractivity contribution in [3.05, 3.63) is 157 Å². The van der Waals surface area contributed by atoms with Crippen LogP contribution in [0.1, 0.15) is 222 Å². The van der Waals surface area contributed by atoms with Gasteiger partial charge in [0.25, 0.3) is 0 Å². The summed E-state index contributed by atoms with van der Waals surface area (Å²) in [6, 6.07) is 44.2. The number of rotatable bonds is 42. The van der Waals surface area contributed by atoms with Gasteiger partial charge in [0.2, 0.25) is 0 Å². The van der Waals surface area contributed by atoms with Gasteiger partial charge in [0.1, 0.15) is 34.5 Å². The van der Waals surface area contributed by atoms with Gasteiger partial charge < -0.3 is 28.4 Å². The zero-order chi connectivity index (χ0) is 60.1. The zero-order valence-corrected chi connectivity index (χ0v) is 51.6. The van der Waals surface area contributed by atoms with Crippen molar-refractivity contribution in [2.75, 3.05) is 13.2 Å². The Hall–Kier alpha value is -7.20. The van der Waals surface area contributed by atoms with E-state index in [1.807, 2.05) is 72.8 Å². The Labute approximate surface area is 508 Å². The van der Waals surface area contributed by atoms with Crippen molar-refractivity contribution in [1.29, 1.82) is 0 Å². The Balaban J connectivity index is 0.796. The van der Waals surface area contributed by atoms with Crippen LogP contribution >= 0.6 is 0 Å². The zero-order valence-electron chi connectivity index (χ0n) is 51.6. The van der Waals surface area contributed by atoms with Crippen molar-refractivity contribution >= 4 is 23.9 Å². The fourth-order valence-corrected chi connectivity index (χ4v) is 10.6. The first-order valence-electron chi connectivity index (χ1n) is 32.4. The molecular weight excluding hydrogens is 1060 g/mol. The van der Waals surface area contributed by atoms with Crippen molar-refractivity contribution in [2.45, 2.75) is 201 Å². The summed E-state index contributed by atoms with van der Waals surface area (Å²) in [6.45, 7) is 10.1. The monoisotopic (exact) mass is 1160 g/mol. The van der Waals surface area contributed by atoms with Gasteiger partial charge in [0.05, 0.1) is 36.2 Å². The van der Waals surface area contributed by atoms with E-state index in [4.69, 9.17) is 28.4 Å². The second-order valence-corrected chi connectivity index (χ2v) is 22.7. The molecule has 0 heterocycles. The van der Waals surface area contributed by atoms with Crippen LogP contribution in [0.5, 0.6) is 34.5 Å². The lowest BCUT2D eigenvalue weighted by Crippen LogP contribution is -2.20. The van der Waals surface area contributed by atoms with Crippen LogP contribution in [0.3, 0.4) is 0 Å². The van der Waals surface area contributed by atoms with Crippen LogP contribution in [0.4, 0.5) is 0 Å². The highest BCUT2D eigenvalue weighted by molar-refractivity contribution is 5.92. The molecule has 10 heteroatoms. The first kappa shape index (κ1) is 66.9. The van der Waals surface area contributed by atoms with Gasteiger partial charge in [-0.2, -0.15) is 0 Å². The molecule has 0 saturated carbocycles. The molecule has 0 radical (unpaired) electrons. The summed E-state index contributed by atoms with van der Waals surface area (Å²) in [7, 11) is 0. The van der Waals surface area contributed by atoms with E-state index in [-0.39, 0.29) is 23.8 Å². The fourth-order valence-electron chi connectivity index (χ4n) is 10.6. The lowest BCUT2D eigenvalue weighted by atomic mass is 9.95. The van der Waals surface area contributed by atoms with E-state index < -0.39 is 11.9 Å². The molecule has 2 atom stereocenters. The molecule has 0 unspecified atom stereocenters. The van der Waals surface area contributed by atoms with Gasteiger partial charge in [-0.05, 0) is 158 Å². The highest BCUT2D eigenvalue weighted by Crippen LogP contribution is 2.29. The predicted molar refractivity (Wildman–Crippen MR) is 343 cm³/mol. The van der Waals surface area contributed by atoms with Crippen LogP contribution in [0, 0.1) is 11.8 Å². The predicted octanol–water partition coefficient (Wildman–Crippen LogP) is 20.6. The Bertz CT molecular complexity index is 2610. The first-order chi connectivity index (χ1) is 41.7. The van der Waals surface area contributed by atoms with Crippen molar-refractivity contribution in [3.63, 3.8) is 0 Å². The average molecular weight is 1160 g/mol. The van der Waals surface area contributed by atoms with Gasteiger partial charge in [0, 0.05) is 0 Å². The van der Waals surface area contributed by atoms with Crippen LogP contribution in [0.25, 0.3) is 22.3 Å². The maximum atomic E-state index is 13.3. The molecule has 0 aromatic heterocycles. The second-order valence-electron chi connectivity index (χ2n) is 22.7. The van der Waals surface area contributed by atoms with Gasteiger partial charge in [-0.15, -0.1) is 0 Å². The summed E-state index contributed by atoms with van der Waals surface area (Å²) < 4.78 is 34.8. The maximum Gasteiger partial charge on any atom is 0.343 e. The maximum absolute atomic E-state index is 13.3. The summed E-state index contributed by atoms with van der Waals surface area (Å²) in [5.74, 6) is 1.69. The molecule has 0 spiro atoms. The molecule has 0 fully saturated rings. The van der Waals surface area contributed by atoms with E-state index in [2.05, 4.69) is 27.7 Å². The summed E-state index contributed by atoms with van der Waals surface area (Å²) in [4.78, 5) is 52.6. The normalized spacial score (nSPS) is 11.8. The van der Waals surface area contributed by atoms with Crippen LogP contribution in [-0.2, 0) is 9.59 Å². The number of carbonyl (C=O) groups excluding carboxylic acids is 4. The lowest BCUT2D eigenvalue weighted by molar-refractivity contribution is -0.140. The Kier molecular flexibility index (Phi) is 31.0. The van der Waals surface area contributed by atoms with Crippen molar-refractivity contribution in [2.24, 2.45) is 11.8 Å². The molecule has 0 saturated heterocycles. The summed E-state index contributed by atoms with van der Waals surface area (Å²) in [6.07, 6.45) is 29.6. The average Bonchev–Trinajstić information content (AvgIpc) is 3.67. The SMILES string of the molecule is CCCCCCCCOc1ccc(-c2ccc(OC(=O)c3ccc(OC(=O)[C@H](CCC)CCCCCCCCCCC[C@@H](CCC)C(=O)Oc4ccc(C(=O)Oc5ccc(-c6ccc(OCCCCCCCC)cc6)cc5)cc4)cc3)cc2)cc1. The molecule has 0 aliphatic carbocycles. The largest absolute Gasteiger partial charge is 0.494 e. The third-order valence-electron chi connectivity index (χ3n) is 15.7. The van der Waals surface area contributed by atoms with E-state index >= 15 is 0 Å². The molecule has 0 amide bonds.